The molecule has 116 valence electrons. The molecule has 0 saturated heterocycles. The maximum Gasteiger partial charge on any atom is 0.343 e. The highest BCUT2D eigenvalue weighted by atomic mass is 16.7. The third kappa shape index (κ3) is 2.32. The first-order valence-electron chi connectivity index (χ1n) is 7.58. The predicted molar refractivity (Wildman–Crippen MR) is 86.8 cm³/mol. The number of methoxy groups -OCH3 is 1. The molecule has 4 rings (SSSR count). The van der Waals surface area contributed by atoms with Crippen LogP contribution in [0.1, 0.15) is 23.5 Å². The van der Waals surface area contributed by atoms with Gasteiger partial charge in [-0.15, -0.1) is 0 Å². The fourth-order valence-electron chi connectivity index (χ4n) is 3.19. The van der Waals surface area contributed by atoms with Crippen molar-refractivity contribution in [1.82, 2.24) is 0 Å². The second-order valence-corrected chi connectivity index (χ2v) is 5.61. The Kier molecular flexibility index (Phi) is 3.39. The van der Waals surface area contributed by atoms with Crippen molar-refractivity contribution < 1.29 is 13.9 Å². The van der Waals surface area contributed by atoms with Crippen molar-refractivity contribution in [3.05, 3.63) is 76.1 Å². The van der Waals surface area contributed by atoms with E-state index in [9.17, 15) is 4.79 Å². The van der Waals surface area contributed by atoms with Crippen LogP contribution in [0, 0.1) is 0 Å². The zero-order chi connectivity index (χ0) is 15.8. The number of benzene rings is 2. The molecule has 4 heteroatoms. The van der Waals surface area contributed by atoms with Crippen molar-refractivity contribution >= 4 is 11.0 Å². The molecule has 0 radical (unpaired) electrons. The van der Waals surface area contributed by atoms with E-state index in [1.807, 2.05) is 48.5 Å². The summed E-state index contributed by atoms with van der Waals surface area (Å²) >= 11 is 0. The lowest BCUT2D eigenvalue weighted by Crippen LogP contribution is -2.31. The van der Waals surface area contributed by atoms with Gasteiger partial charge >= 0.3 is 5.63 Å². The summed E-state index contributed by atoms with van der Waals surface area (Å²) in [4.78, 5) is 12.6. The smallest absolute Gasteiger partial charge is 0.343 e. The van der Waals surface area contributed by atoms with Gasteiger partial charge in [0.25, 0.3) is 0 Å². The molecule has 0 fully saturated rings. The summed E-state index contributed by atoms with van der Waals surface area (Å²) in [6.45, 7) is 0. The third-order valence-electron chi connectivity index (χ3n) is 4.29. The lowest BCUT2D eigenvalue weighted by molar-refractivity contribution is -0.0685. The molecule has 1 aromatic heterocycles. The monoisotopic (exact) mass is 308 g/mol. The molecule has 0 bridgehead atoms. The van der Waals surface area contributed by atoms with Gasteiger partial charge in [-0.1, -0.05) is 42.5 Å². The number of fused-ring (bicyclic) bond motifs is 3. The summed E-state index contributed by atoms with van der Waals surface area (Å²) in [5, 5.41) is 0.796. The fraction of sp³-hybridized carbons (Fsp3) is 0.211. The number of hydrogen-bond donors (Lipinski definition) is 0. The van der Waals surface area contributed by atoms with Crippen LogP contribution in [-0.4, -0.2) is 13.4 Å². The Labute approximate surface area is 133 Å². The normalized spacial score (nSPS) is 20.0. The summed E-state index contributed by atoms with van der Waals surface area (Å²) in [7, 11) is 1.62. The van der Waals surface area contributed by atoms with Gasteiger partial charge in [-0.3, -0.25) is 0 Å². The SMILES string of the molecule is COC1CC(c2ccccc2)c2c(c3ccccc3oc2=O)O1. The third-order valence-corrected chi connectivity index (χ3v) is 4.29. The Morgan fingerprint density at radius 2 is 1.78 bits per heavy atom. The van der Waals surface area contributed by atoms with Crippen LogP contribution in [0.2, 0.25) is 0 Å². The molecule has 0 saturated carbocycles. The van der Waals surface area contributed by atoms with E-state index in [-0.39, 0.29) is 11.5 Å². The van der Waals surface area contributed by atoms with Crippen LogP contribution in [0.15, 0.2) is 63.8 Å². The minimum atomic E-state index is -0.391. The van der Waals surface area contributed by atoms with E-state index >= 15 is 0 Å². The van der Waals surface area contributed by atoms with Crippen molar-refractivity contribution in [2.24, 2.45) is 0 Å². The van der Waals surface area contributed by atoms with Crippen LogP contribution in [0.3, 0.4) is 0 Å². The molecule has 3 aromatic rings. The number of ether oxygens (including phenoxy) is 2. The number of rotatable bonds is 2. The fourth-order valence-corrected chi connectivity index (χ4v) is 3.19. The maximum absolute atomic E-state index is 12.6. The number of hydrogen-bond acceptors (Lipinski definition) is 4. The summed E-state index contributed by atoms with van der Waals surface area (Å²) in [6, 6.07) is 17.3. The maximum atomic E-state index is 12.6. The van der Waals surface area contributed by atoms with Crippen molar-refractivity contribution in [3.8, 4) is 5.75 Å². The van der Waals surface area contributed by atoms with E-state index in [0.717, 1.165) is 10.9 Å². The summed E-state index contributed by atoms with van der Waals surface area (Å²) in [6.07, 6.45) is 0.189. The predicted octanol–water partition coefficient (Wildman–Crippen LogP) is 3.68. The first kappa shape index (κ1) is 14.0. The average Bonchev–Trinajstić information content (AvgIpc) is 2.61. The zero-order valence-electron chi connectivity index (χ0n) is 12.7. The van der Waals surface area contributed by atoms with Crippen LogP contribution in [0.5, 0.6) is 5.75 Å². The van der Waals surface area contributed by atoms with Crippen LogP contribution in [0.4, 0.5) is 0 Å². The van der Waals surface area contributed by atoms with E-state index in [2.05, 4.69) is 0 Å². The standard InChI is InChI=1S/C19H16O4/c1-21-16-11-14(12-7-3-2-4-8-12)17-18(23-16)13-9-5-6-10-15(13)22-19(17)20/h2-10,14,16H,11H2,1H3. The van der Waals surface area contributed by atoms with E-state index in [1.165, 1.54) is 0 Å². The summed E-state index contributed by atoms with van der Waals surface area (Å²) in [5.41, 5.74) is 1.81. The topological polar surface area (TPSA) is 48.7 Å². The van der Waals surface area contributed by atoms with E-state index < -0.39 is 6.29 Å². The van der Waals surface area contributed by atoms with Crippen LogP contribution < -0.4 is 10.4 Å². The molecular formula is C19H16O4. The van der Waals surface area contributed by atoms with Gasteiger partial charge in [-0.2, -0.15) is 0 Å². The van der Waals surface area contributed by atoms with Crippen molar-refractivity contribution in [2.75, 3.05) is 7.11 Å². The average molecular weight is 308 g/mol. The quantitative estimate of drug-likeness (QED) is 0.678. The molecule has 2 heterocycles. The molecule has 0 spiro atoms. The molecule has 0 amide bonds. The summed E-state index contributed by atoms with van der Waals surface area (Å²) < 4.78 is 16.9. The van der Waals surface area contributed by atoms with Gasteiger partial charge in [0, 0.05) is 19.4 Å². The highest BCUT2D eigenvalue weighted by Crippen LogP contribution is 2.42. The molecule has 4 nitrogen and oxygen atoms in total. The zero-order valence-corrected chi connectivity index (χ0v) is 12.7. The molecule has 2 aromatic carbocycles. The lowest BCUT2D eigenvalue weighted by Gasteiger charge is -2.31. The van der Waals surface area contributed by atoms with Gasteiger partial charge in [0.05, 0.1) is 10.9 Å². The first-order valence-corrected chi connectivity index (χ1v) is 7.58. The Hall–Kier alpha value is -2.59. The molecule has 2 unspecified atom stereocenters. The van der Waals surface area contributed by atoms with Crippen molar-refractivity contribution in [1.29, 1.82) is 0 Å². The van der Waals surface area contributed by atoms with Gasteiger partial charge in [-0.05, 0) is 17.7 Å². The van der Waals surface area contributed by atoms with Gasteiger partial charge in [0.2, 0.25) is 6.29 Å². The van der Waals surface area contributed by atoms with Crippen molar-refractivity contribution in [2.45, 2.75) is 18.6 Å². The molecule has 1 aliphatic rings. The molecule has 23 heavy (non-hydrogen) atoms. The molecular weight excluding hydrogens is 292 g/mol. The van der Waals surface area contributed by atoms with E-state index in [0.29, 0.717) is 23.3 Å². The first-order chi connectivity index (χ1) is 11.3. The largest absolute Gasteiger partial charge is 0.464 e. The van der Waals surface area contributed by atoms with E-state index in [4.69, 9.17) is 13.9 Å². The molecule has 0 N–H and O–H groups in total. The second kappa shape index (κ2) is 5.56. The minimum absolute atomic E-state index is 0.106. The molecule has 0 aliphatic carbocycles. The Bertz CT molecular complexity index is 898. The number of para-hydroxylation sites is 1. The Morgan fingerprint density at radius 3 is 2.57 bits per heavy atom. The van der Waals surface area contributed by atoms with Crippen LogP contribution in [-0.2, 0) is 4.74 Å². The molecule has 1 aliphatic heterocycles. The lowest BCUT2D eigenvalue weighted by atomic mass is 9.86. The van der Waals surface area contributed by atoms with Gasteiger partial charge in [0.1, 0.15) is 11.3 Å². The second-order valence-electron chi connectivity index (χ2n) is 5.61. The van der Waals surface area contributed by atoms with Crippen LogP contribution >= 0.6 is 0 Å². The summed E-state index contributed by atoms with van der Waals surface area (Å²) in [5.74, 6) is 0.467. The van der Waals surface area contributed by atoms with Crippen molar-refractivity contribution in [3.63, 3.8) is 0 Å². The Morgan fingerprint density at radius 1 is 1.04 bits per heavy atom. The highest BCUT2D eigenvalue weighted by Gasteiger charge is 2.34. The Balaban J connectivity index is 1.99. The molecule has 2 atom stereocenters. The van der Waals surface area contributed by atoms with Gasteiger partial charge in [0.15, 0.2) is 0 Å². The van der Waals surface area contributed by atoms with E-state index in [1.54, 1.807) is 13.2 Å². The highest BCUT2D eigenvalue weighted by molar-refractivity contribution is 5.85. The minimum Gasteiger partial charge on any atom is -0.464 e. The van der Waals surface area contributed by atoms with Gasteiger partial charge in [-0.25, -0.2) is 4.79 Å². The van der Waals surface area contributed by atoms with Gasteiger partial charge < -0.3 is 13.9 Å². The van der Waals surface area contributed by atoms with Crippen LogP contribution in [0.25, 0.3) is 11.0 Å².